The molecule has 5 heteroatoms. The van der Waals surface area contributed by atoms with E-state index < -0.39 is 0 Å². The first-order valence-corrected chi connectivity index (χ1v) is 5.78. The Morgan fingerprint density at radius 1 is 1.57 bits per heavy atom. The molecule has 2 N–H and O–H groups in total. The minimum absolute atomic E-state index is 0.720. The zero-order valence-electron chi connectivity index (χ0n) is 8.28. The lowest BCUT2D eigenvalue weighted by molar-refractivity contribution is 0.741. The summed E-state index contributed by atoms with van der Waals surface area (Å²) in [6.45, 7) is 4.75. The Bertz CT molecular complexity index is 279. The van der Waals surface area contributed by atoms with Crippen LogP contribution >= 0.6 is 22.6 Å². The van der Waals surface area contributed by atoms with Crippen LogP contribution in [0.1, 0.15) is 13.3 Å². The molecule has 0 spiro atoms. The molecule has 0 aliphatic heterocycles. The predicted molar refractivity (Wildman–Crippen MR) is 66.3 cm³/mol. The van der Waals surface area contributed by atoms with E-state index in [1.807, 2.05) is 6.20 Å². The van der Waals surface area contributed by atoms with Crippen LogP contribution in [0.25, 0.3) is 0 Å². The van der Waals surface area contributed by atoms with Crippen LogP contribution in [-0.2, 0) is 0 Å². The molecule has 4 nitrogen and oxygen atoms in total. The largest absolute Gasteiger partial charge is 0.356 e. The molecule has 0 saturated carbocycles. The molecular weight excluding hydrogens is 291 g/mol. The number of anilines is 1. The minimum atomic E-state index is 0.720. The molecule has 0 radical (unpaired) electrons. The summed E-state index contributed by atoms with van der Waals surface area (Å²) >= 11 is 2.25. The molecule has 0 saturated heterocycles. The number of aromatic nitrogens is 2. The third-order valence-corrected chi connectivity index (χ3v) is 2.72. The van der Waals surface area contributed by atoms with Crippen molar-refractivity contribution in [2.45, 2.75) is 13.3 Å². The highest BCUT2D eigenvalue weighted by Crippen LogP contribution is 2.17. The van der Waals surface area contributed by atoms with Crippen molar-refractivity contribution < 1.29 is 0 Å². The number of hydrogen-bond donors (Lipinski definition) is 1. The third-order valence-electron chi connectivity index (χ3n) is 1.96. The van der Waals surface area contributed by atoms with Crippen LogP contribution in [-0.4, -0.2) is 29.6 Å². The van der Waals surface area contributed by atoms with Gasteiger partial charge in [-0.3, -0.25) is 0 Å². The van der Waals surface area contributed by atoms with Crippen molar-refractivity contribution in [1.29, 1.82) is 0 Å². The van der Waals surface area contributed by atoms with Gasteiger partial charge in [0.1, 0.15) is 12.1 Å². The second-order valence-corrected chi connectivity index (χ2v) is 4.08. The van der Waals surface area contributed by atoms with Crippen LogP contribution in [0.4, 0.5) is 5.82 Å². The summed E-state index contributed by atoms with van der Waals surface area (Å²) in [5, 5.41) is 0. The second-order valence-electron chi connectivity index (χ2n) is 2.92. The smallest absolute Gasteiger partial charge is 0.145 e. The Labute approximate surface area is 98.1 Å². The highest BCUT2D eigenvalue weighted by atomic mass is 127. The van der Waals surface area contributed by atoms with Crippen LogP contribution in [0.5, 0.6) is 0 Å². The van der Waals surface area contributed by atoms with Gasteiger partial charge >= 0.3 is 0 Å². The lowest BCUT2D eigenvalue weighted by Gasteiger charge is -2.22. The van der Waals surface area contributed by atoms with Crippen molar-refractivity contribution >= 4 is 28.4 Å². The zero-order chi connectivity index (χ0) is 10.4. The Balaban J connectivity index is 2.73. The van der Waals surface area contributed by atoms with E-state index in [2.05, 4.69) is 44.4 Å². The molecule has 78 valence electrons. The predicted octanol–water partition coefficient (Wildman–Crippen LogP) is 1.26. The molecule has 0 atom stereocenters. The van der Waals surface area contributed by atoms with Gasteiger partial charge in [-0.2, -0.15) is 0 Å². The van der Waals surface area contributed by atoms with E-state index in [4.69, 9.17) is 5.73 Å². The fraction of sp³-hybridized carbons (Fsp3) is 0.556. The molecule has 0 aliphatic rings. The molecule has 1 rings (SSSR count). The molecule has 0 aromatic carbocycles. The normalized spacial score (nSPS) is 10.2. The van der Waals surface area contributed by atoms with E-state index >= 15 is 0 Å². The standard InChI is InChI=1S/C9H15IN4/c1-2-14(5-3-4-11)9-8(10)6-12-7-13-9/h6-7H,2-5,11H2,1H3. The summed E-state index contributed by atoms with van der Waals surface area (Å²) in [6, 6.07) is 0. The number of rotatable bonds is 5. The molecular formula is C9H15IN4. The van der Waals surface area contributed by atoms with Gasteiger partial charge in [0, 0.05) is 19.3 Å². The van der Waals surface area contributed by atoms with Crippen LogP contribution in [0, 0.1) is 3.57 Å². The zero-order valence-corrected chi connectivity index (χ0v) is 10.4. The first kappa shape index (κ1) is 11.6. The van der Waals surface area contributed by atoms with Gasteiger partial charge in [0.05, 0.1) is 3.57 Å². The molecule has 0 fully saturated rings. The first-order valence-electron chi connectivity index (χ1n) is 4.70. The van der Waals surface area contributed by atoms with Gasteiger partial charge in [0.15, 0.2) is 0 Å². The maximum absolute atomic E-state index is 5.49. The summed E-state index contributed by atoms with van der Waals surface area (Å²) in [6.07, 6.45) is 4.41. The lowest BCUT2D eigenvalue weighted by atomic mass is 10.3. The van der Waals surface area contributed by atoms with Gasteiger partial charge in [0.25, 0.3) is 0 Å². The summed E-state index contributed by atoms with van der Waals surface area (Å²) < 4.78 is 1.09. The van der Waals surface area contributed by atoms with Crippen molar-refractivity contribution in [2.24, 2.45) is 5.73 Å². The summed E-state index contributed by atoms with van der Waals surface area (Å²) in [5.74, 6) is 1.01. The molecule has 14 heavy (non-hydrogen) atoms. The SMILES string of the molecule is CCN(CCCN)c1ncncc1I. The van der Waals surface area contributed by atoms with Crippen LogP contribution in [0.2, 0.25) is 0 Å². The van der Waals surface area contributed by atoms with Gasteiger partial charge in [-0.1, -0.05) is 0 Å². The summed E-state index contributed by atoms with van der Waals surface area (Å²) in [4.78, 5) is 10.5. The molecule has 0 aliphatic carbocycles. The average molecular weight is 306 g/mol. The third kappa shape index (κ3) is 3.06. The molecule has 0 bridgehead atoms. The number of halogens is 1. The second kappa shape index (κ2) is 6.13. The first-order chi connectivity index (χ1) is 6.79. The van der Waals surface area contributed by atoms with E-state index in [9.17, 15) is 0 Å². The van der Waals surface area contributed by atoms with Gasteiger partial charge in [-0.25, -0.2) is 9.97 Å². The average Bonchev–Trinajstić information content (AvgIpc) is 2.21. The van der Waals surface area contributed by atoms with E-state index in [1.54, 1.807) is 6.33 Å². The Morgan fingerprint density at radius 2 is 2.36 bits per heavy atom. The fourth-order valence-corrected chi connectivity index (χ4v) is 1.88. The molecule has 1 aromatic heterocycles. The van der Waals surface area contributed by atoms with Gasteiger partial charge < -0.3 is 10.6 Å². The van der Waals surface area contributed by atoms with Gasteiger partial charge in [-0.05, 0) is 42.5 Å². The molecule has 0 amide bonds. The summed E-state index contributed by atoms with van der Waals surface area (Å²) in [7, 11) is 0. The van der Waals surface area contributed by atoms with Crippen LogP contribution < -0.4 is 10.6 Å². The van der Waals surface area contributed by atoms with Crippen LogP contribution in [0.15, 0.2) is 12.5 Å². The highest BCUT2D eigenvalue weighted by Gasteiger charge is 2.08. The van der Waals surface area contributed by atoms with E-state index in [1.165, 1.54) is 0 Å². The number of nitrogens with zero attached hydrogens (tertiary/aromatic N) is 3. The monoisotopic (exact) mass is 306 g/mol. The quantitative estimate of drug-likeness (QED) is 0.832. The van der Waals surface area contributed by atoms with Crippen molar-refractivity contribution in [3.8, 4) is 0 Å². The van der Waals surface area contributed by atoms with Gasteiger partial charge in [0.2, 0.25) is 0 Å². The molecule has 1 aromatic rings. The Hall–Kier alpha value is -0.430. The summed E-state index contributed by atoms with van der Waals surface area (Å²) in [5.41, 5.74) is 5.49. The fourth-order valence-electron chi connectivity index (χ4n) is 1.23. The molecule has 1 heterocycles. The minimum Gasteiger partial charge on any atom is -0.356 e. The Kier molecular flexibility index (Phi) is 5.10. The van der Waals surface area contributed by atoms with Crippen molar-refractivity contribution in [3.63, 3.8) is 0 Å². The van der Waals surface area contributed by atoms with Crippen molar-refractivity contribution in [1.82, 2.24) is 9.97 Å². The van der Waals surface area contributed by atoms with Crippen LogP contribution in [0.3, 0.4) is 0 Å². The van der Waals surface area contributed by atoms with E-state index in [0.29, 0.717) is 0 Å². The molecule has 0 unspecified atom stereocenters. The number of nitrogens with two attached hydrogens (primary N) is 1. The maximum atomic E-state index is 5.49. The van der Waals surface area contributed by atoms with Crippen molar-refractivity contribution in [3.05, 3.63) is 16.1 Å². The van der Waals surface area contributed by atoms with Crippen molar-refractivity contribution in [2.75, 3.05) is 24.5 Å². The highest BCUT2D eigenvalue weighted by molar-refractivity contribution is 14.1. The number of hydrogen-bond acceptors (Lipinski definition) is 4. The van der Waals surface area contributed by atoms with Gasteiger partial charge in [-0.15, -0.1) is 0 Å². The van der Waals surface area contributed by atoms with E-state index in [-0.39, 0.29) is 0 Å². The van der Waals surface area contributed by atoms with E-state index in [0.717, 1.165) is 35.4 Å². The maximum Gasteiger partial charge on any atom is 0.145 e. The lowest BCUT2D eigenvalue weighted by Crippen LogP contribution is -2.27. The topological polar surface area (TPSA) is 55.0 Å². The Morgan fingerprint density at radius 3 is 2.93 bits per heavy atom.